The number of hydrogen-bond acceptors (Lipinski definition) is 2. The number of amides is 1. The van der Waals surface area contributed by atoms with Gasteiger partial charge in [0.25, 0.3) is 0 Å². The van der Waals surface area contributed by atoms with E-state index in [9.17, 15) is 4.79 Å². The average molecular weight is 210 g/mol. The number of hydrogen-bond donors (Lipinski definition) is 2. The molecule has 0 bridgehead atoms. The van der Waals surface area contributed by atoms with E-state index >= 15 is 0 Å². The minimum Gasteiger partial charge on any atom is -0.354 e. The molecule has 1 amide bonds. The Morgan fingerprint density at radius 2 is 2.33 bits per heavy atom. The van der Waals surface area contributed by atoms with E-state index in [1.165, 1.54) is 6.42 Å². The van der Waals surface area contributed by atoms with Gasteiger partial charge in [0, 0.05) is 6.54 Å². The number of carbonyl (C=O) groups excluding carboxylic acids is 1. The van der Waals surface area contributed by atoms with Crippen LogP contribution in [0.4, 0.5) is 0 Å². The summed E-state index contributed by atoms with van der Waals surface area (Å²) < 4.78 is 0. The highest BCUT2D eigenvalue weighted by Gasteiger charge is 2.26. The number of nitrogens with one attached hydrogen (secondary N) is 1. The van der Waals surface area contributed by atoms with Crippen molar-refractivity contribution < 1.29 is 4.79 Å². The third kappa shape index (κ3) is 3.67. The first-order valence-electron chi connectivity index (χ1n) is 5.78. The van der Waals surface area contributed by atoms with Gasteiger partial charge in [-0.25, -0.2) is 0 Å². The number of nitrogens with two attached hydrogens (primary N) is 1. The van der Waals surface area contributed by atoms with Crippen molar-refractivity contribution in [2.45, 2.75) is 45.1 Å². The van der Waals surface area contributed by atoms with Crippen molar-refractivity contribution in [3.05, 3.63) is 12.2 Å². The van der Waals surface area contributed by atoms with Crippen molar-refractivity contribution in [1.29, 1.82) is 0 Å². The van der Waals surface area contributed by atoms with Crippen molar-refractivity contribution in [3.8, 4) is 0 Å². The minimum absolute atomic E-state index is 0.0282. The first-order valence-corrected chi connectivity index (χ1v) is 5.78. The Hall–Kier alpha value is -0.830. The van der Waals surface area contributed by atoms with Gasteiger partial charge >= 0.3 is 0 Å². The molecule has 3 heteroatoms. The Bertz CT molecular complexity index is 246. The molecule has 0 saturated heterocycles. The Morgan fingerprint density at radius 3 is 2.87 bits per heavy atom. The molecule has 0 aromatic rings. The quantitative estimate of drug-likeness (QED) is 0.692. The Morgan fingerprint density at radius 1 is 1.60 bits per heavy atom. The highest BCUT2D eigenvalue weighted by atomic mass is 16.2. The lowest BCUT2D eigenvalue weighted by Gasteiger charge is -2.24. The summed E-state index contributed by atoms with van der Waals surface area (Å²) in [5.74, 6) is 0.561. The maximum absolute atomic E-state index is 11.7. The predicted molar refractivity (Wildman–Crippen MR) is 62.4 cm³/mol. The summed E-state index contributed by atoms with van der Waals surface area (Å²) in [5.41, 5.74) is 5.13. The van der Waals surface area contributed by atoms with Gasteiger partial charge in [0.1, 0.15) is 0 Å². The van der Waals surface area contributed by atoms with Crippen LogP contribution in [0.5, 0.6) is 0 Å². The van der Waals surface area contributed by atoms with Crippen LogP contribution in [-0.2, 0) is 4.79 Å². The van der Waals surface area contributed by atoms with E-state index in [0.717, 1.165) is 19.4 Å². The smallest absolute Gasteiger partial charge is 0.239 e. The molecule has 0 saturated carbocycles. The molecule has 0 aromatic carbocycles. The van der Waals surface area contributed by atoms with E-state index in [4.69, 9.17) is 5.73 Å². The minimum atomic E-state index is -0.718. The molecule has 0 spiro atoms. The second kappa shape index (κ2) is 5.31. The van der Waals surface area contributed by atoms with Crippen molar-refractivity contribution in [3.63, 3.8) is 0 Å². The highest BCUT2D eigenvalue weighted by molar-refractivity contribution is 5.85. The van der Waals surface area contributed by atoms with Crippen LogP contribution in [0.3, 0.4) is 0 Å². The molecule has 3 N–H and O–H groups in total. The van der Waals surface area contributed by atoms with E-state index in [0.29, 0.717) is 12.3 Å². The fraction of sp³-hybridized carbons (Fsp3) is 0.750. The van der Waals surface area contributed by atoms with Gasteiger partial charge in [-0.2, -0.15) is 0 Å². The van der Waals surface area contributed by atoms with E-state index in [1.54, 1.807) is 6.92 Å². The normalized spacial score (nSPS) is 24.6. The van der Waals surface area contributed by atoms with Crippen LogP contribution in [0.25, 0.3) is 0 Å². The van der Waals surface area contributed by atoms with Gasteiger partial charge in [-0.15, -0.1) is 0 Å². The number of carbonyl (C=O) groups is 1. The molecule has 2 unspecified atom stereocenters. The van der Waals surface area contributed by atoms with E-state index in [-0.39, 0.29) is 5.91 Å². The summed E-state index contributed by atoms with van der Waals surface area (Å²) in [5, 5.41) is 2.95. The standard InChI is InChI=1S/C12H22N2O/c1-3-12(2,13)11(15)14-9-10-7-5-4-6-8-10/h4-5,10H,3,6-9,13H2,1-2H3,(H,14,15). The number of allylic oxidation sites excluding steroid dienone is 2. The highest BCUT2D eigenvalue weighted by Crippen LogP contribution is 2.17. The zero-order valence-electron chi connectivity index (χ0n) is 9.75. The average Bonchev–Trinajstić information content (AvgIpc) is 2.27. The number of rotatable bonds is 4. The molecular weight excluding hydrogens is 188 g/mol. The molecule has 0 aliphatic heterocycles. The van der Waals surface area contributed by atoms with Crippen molar-refractivity contribution in [2.75, 3.05) is 6.54 Å². The van der Waals surface area contributed by atoms with Crippen LogP contribution < -0.4 is 11.1 Å². The SMILES string of the molecule is CCC(C)(N)C(=O)NCC1CC=CCC1. The lowest BCUT2D eigenvalue weighted by Crippen LogP contribution is -2.52. The molecule has 0 heterocycles. The van der Waals surface area contributed by atoms with Crippen LogP contribution >= 0.6 is 0 Å². The second-order valence-electron chi connectivity index (χ2n) is 4.63. The Balaban J connectivity index is 2.30. The summed E-state index contributed by atoms with van der Waals surface area (Å²) >= 11 is 0. The van der Waals surface area contributed by atoms with Crippen LogP contribution in [-0.4, -0.2) is 18.0 Å². The predicted octanol–water partition coefficient (Wildman–Crippen LogP) is 1.59. The van der Waals surface area contributed by atoms with Crippen molar-refractivity contribution in [2.24, 2.45) is 11.7 Å². The summed E-state index contributed by atoms with van der Waals surface area (Å²) in [6, 6.07) is 0. The monoisotopic (exact) mass is 210 g/mol. The van der Waals surface area contributed by atoms with Gasteiger partial charge in [0.15, 0.2) is 0 Å². The van der Waals surface area contributed by atoms with Crippen molar-refractivity contribution >= 4 is 5.91 Å². The largest absolute Gasteiger partial charge is 0.354 e. The molecule has 1 aliphatic rings. The van der Waals surface area contributed by atoms with Crippen LogP contribution in [0.15, 0.2) is 12.2 Å². The van der Waals surface area contributed by atoms with Crippen molar-refractivity contribution in [1.82, 2.24) is 5.32 Å². The Kier molecular flexibility index (Phi) is 4.33. The molecule has 86 valence electrons. The van der Waals surface area contributed by atoms with Gasteiger partial charge < -0.3 is 11.1 Å². The molecule has 1 aliphatic carbocycles. The van der Waals surface area contributed by atoms with Gasteiger partial charge in [-0.1, -0.05) is 19.1 Å². The molecular formula is C12H22N2O. The zero-order valence-corrected chi connectivity index (χ0v) is 9.75. The topological polar surface area (TPSA) is 55.1 Å². The molecule has 0 radical (unpaired) electrons. The second-order valence-corrected chi connectivity index (χ2v) is 4.63. The molecule has 3 nitrogen and oxygen atoms in total. The first-order chi connectivity index (χ1) is 7.06. The lowest BCUT2D eigenvalue weighted by atomic mass is 9.93. The van der Waals surface area contributed by atoms with E-state index < -0.39 is 5.54 Å². The molecule has 0 fully saturated rings. The maximum atomic E-state index is 11.7. The molecule has 1 rings (SSSR count). The lowest BCUT2D eigenvalue weighted by molar-refractivity contribution is -0.126. The summed E-state index contributed by atoms with van der Waals surface area (Å²) in [7, 11) is 0. The zero-order chi connectivity index (χ0) is 11.3. The Labute approximate surface area is 92.1 Å². The third-order valence-corrected chi connectivity index (χ3v) is 3.18. The van der Waals surface area contributed by atoms with Gasteiger partial charge in [-0.3, -0.25) is 4.79 Å². The summed E-state index contributed by atoms with van der Waals surface area (Å²) in [6.07, 6.45) is 8.45. The maximum Gasteiger partial charge on any atom is 0.239 e. The van der Waals surface area contributed by atoms with E-state index in [1.807, 2.05) is 6.92 Å². The van der Waals surface area contributed by atoms with Gasteiger partial charge in [0.05, 0.1) is 5.54 Å². The van der Waals surface area contributed by atoms with Gasteiger partial charge in [0.2, 0.25) is 5.91 Å². The molecule has 2 atom stereocenters. The first kappa shape index (κ1) is 12.2. The van der Waals surface area contributed by atoms with E-state index in [2.05, 4.69) is 17.5 Å². The fourth-order valence-electron chi connectivity index (χ4n) is 1.64. The van der Waals surface area contributed by atoms with Crippen LogP contribution in [0.1, 0.15) is 39.5 Å². The summed E-state index contributed by atoms with van der Waals surface area (Å²) in [4.78, 5) is 11.7. The molecule has 0 aromatic heterocycles. The van der Waals surface area contributed by atoms with Gasteiger partial charge in [-0.05, 0) is 38.5 Å². The third-order valence-electron chi connectivity index (χ3n) is 3.18. The molecule has 15 heavy (non-hydrogen) atoms. The van der Waals surface area contributed by atoms with Crippen LogP contribution in [0, 0.1) is 5.92 Å². The fourth-order valence-corrected chi connectivity index (χ4v) is 1.64. The van der Waals surface area contributed by atoms with Crippen LogP contribution in [0.2, 0.25) is 0 Å². The summed E-state index contributed by atoms with van der Waals surface area (Å²) in [6.45, 7) is 4.47.